The average Bonchev–Trinajstić information content (AvgIpc) is 2.81. The van der Waals surface area contributed by atoms with Crippen molar-refractivity contribution in [1.82, 2.24) is 4.90 Å². The van der Waals surface area contributed by atoms with Crippen molar-refractivity contribution >= 4 is 23.8 Å². The van der Waals surface area contributed by atoms with Crippen LogP contribution >= 0.6 is 0 Å². The zero-order chi connectivity index (χ0) is 18.6. The quantitative estimate of drug-likeness (QED) is 0.663. The van der Waals surface area contributed by atoms with Gasteiger partial charge in [0.2, 0.25) is 0 Å². The Bertz CT molecular complexity index is 712. The number of carbonyl (C=O) groups excluding carboxylic acids is 2. The monoisotopic (exact) mass is 347 g/mol. The van der Waals surface area contributed by atoms with Gasteiger partial charge >= 0.3 is 11.9 Å². The summed E-state index contributed by atoms with van der Waals surface area (Å²) in [5.74, 6) is -3.58. The molecule has 1 unspecified atom stereocenters. The average molecular weight is 347 g/mol. The van der Waals surface area contributed by atoms with Crippen molar-refractivity contribution in [2.75, 3.05) is 0 Å². The van der Waals surface area contributed by atoms with Crippen molar-refractivity contribution < 1.29 is 29.4 Å². The second kappa shape index (κ2) is 7.92. The van der Waals surface area contributed by atoms with Crippen LogP contribution in [-0.4, -0.2) is 44.9 Å². The maximum absolute atomic E-state index is 12.8. The van der Waals surface area contributed by atoms with Gasteiger partial charge in [-0.25, -0.2) is 4.79 Å². The Kier molecular flexibility index (Phi) is 5.90. The molecule has 0 aliphatic carbocycles. The smallest absolute Gasteiger partial charge is 0.326 e. The molecule has 0 bridgehead atoms. The second-order valence-electron chi connectivity index (χ2n) is 6.06. The van der Waals surface area contributed by atoms with E-state index < -0.39 is 29.8 Å². The predicted molar refractivity (Wildman–Crippen MR) is 88.5 cm³/mol. The molecule has 7 heteroatoms. The Balaban J connectivity index is 2.30. The van der Waals surface area contributed by atoms with Gasteiger partial charge in [0.05, 0.1) is 11.1 Å². The molecule has 1 heterocycles. The second-order valence-corrected chi connectivity index (χ2v) is 6.06. The fourth-order valence-electron chi connectivity index (χ4n) is 3.04. The molecule has 1 aromatic rings. The van der Waals surface area contributed by atoms with Crippen molar-refractivity contribution in [3.05, 3.63) is 34.9 Å². The highest BCUT2D eigenvalue weighted by atomic mass is 16.4. The van der Waals surface area contributed by atoms with E-state index in [0.29, 0.717) is 6.42 Å². The number of carbonyl (C=O) groups is 4. The first-order chi connectivity index (χ1) is 11.9. The van der Waals surface area contributed by atoms with Crippen LogP contribution in [0.4, 0.5) is 0 Å². The number of fused-ring (bicyclic) bond motifs is 1. The molecule has 0 aromatic heterocycles. The molecule has 25 heavy (non-hydrogen) atoms. The first-order valence-corrected chi connectivity index (χ1v) is 8.32. The van der Waals surface area contributed by atoms with E-state index in [-0.39, 0.29) is 30.4 Å². The SMILES string of the molecule is CCCCc1cccc2c1C(=O)N(C(CCCC(=O)O)C(=O)O)C2=O. The third-order valence-electron chi connectivity index (χ3n) is 4.30. The number of unbranched alkanes of at least 4 members (excludes halogenated alkanes) is 1. The van der Waals surface area contributed by atoms with Gasteiger partial charge in [0.25, 0.3) is 11.8 Å². The van der Waals surface area contributed by atoms with E-state index in [0.717, 1.165) is 23.3 Å². The lowest BCUT2D eigenvalue weighted by Crippen LogP contribution is -2.45. The minimum absolute atomic E-state index is 0.0718. The lowest BCUT2D eigenvalue weighted by Gasteiger charge is -2.22. The molecule has 134 valence electrons. The zero-order valence-corrected chi connectivity index (χ0v) is 14.0. The van der Waals surface area contributed by atoms with E-state index in [9.17, 15) is 24.3 Å². The number of hydrogen-bond acceptors (Lipinski definition) is 4. The molecule has 1 atom stereocenters. The van der Waals surface area contributed by atoms with Crippen molar-refractivity contribution in [3.8, 4) is 0 Å². The summed E-state index contributed by atoms with van der Waals surface area (Å²) in [6.45, 7) is 2.02. The maximum atomic E-state index is 12.8. The molecule has 2 rings (SSSR count). The Hall–Kier alpha value is -2.70. The Morgan fingerprint density at radius 3 is 2.44 bits per heavy atom. The van der Waals surface area contributed by atoms with Gasteiger partial charge < -0.3 is 10.2 Å². The summed E-state index contributed by atoms with van der Waals surface area (Å²) >= 11 is 0. The highest BCUT2D eigenvalue weighted by molar-refractivity contribution is 6.23. The van der Waals surface area contributed by atoms with Crippen LogP contribution < -0.4 is 0 Å². The molecule has 2 N–H and O–H groups in total. The molecule has 0 fully saturated rings. The van der Waals surface area contributed by atoms with E-state index in [4.69, 9.17) is 5.11 Å². The third-order valence-corrected chi connectivity index (χ3v) is 4.30. The number of nitrogens with zero attached hydrogens (tertiary/aromatic N) is 1. The van der Waals surface area contributed by atoms with Crippen molar-refractivity contribution in [2.24, 2.45) is 0 Å². The van der Waals surface area contributed by atoms with Gasteiger partial charge in [-0.3, -0.25) is 19.3 Å². The molecule has 0 saturated carbocycles. The summed E-state index contributed by atoms with van der Waals surface area (Å²) in [6, 6.07) is 3.65. The van der Waals surface area contributed by atoms with Crippen molar-refractivity contribution in [2.45, 2.75) is 51.5 Å². The fraction of sp³-hybridized carbons (Fsp3) is 0.444. The number of carboxylic acids is 2. The minimum atomic E-state index is -1.36. The fourth-order valence-corrected chi connectivity index (χ4v) is 3.04. The van der Waals surface area contributed by atoms with Gasteiger partial charge in [0.1, 0.15) is 6.04 Å². The van der Waals surface area contributed by atoms with Crippen LogP contribution in [0.1, 0.15) is 65.3 Å². The first-order valence-electron chi connectivity index (χ1n) is 8.32. The largest absolute Gasteiger partial charge is 0.481 e. The topological polar surface area (TPSA) is 112 Å². The van der Waals surface area contributed by atoms with E-state index >= 15 is 0 Å². The number of rotatable bonds is 9. The van der Waals surface area contributed by atoms with Crippen LogP contribution in [-0.2, 0) is 16.0 Å². The molecule has 0 radical (unpaired) electrons. The van der Waals surface area contributed by atoms with Gasteiger partial charge in [0, 0.05) is 6.42 Å². The number of carboxylic acid groups (broad SMARTS) is 2. The van der Waals surface area contributed by atoms with Crippen molar-refractivity contribution in [3.63, 3.8) is 0 Å². The van der Waals surface area contributed by atoms with Crippen LogP contribution in [0.5, 0.6) is 0 Å². The van der Waals surface area contributed by atoms with Gasteiger partial charge in [0.15, 0.2) is 0 Å². The Morgan fingerprint density at radius 1 is 1.12 bits per heavy atom. The number of aryl methyl sites for hydroxylation is 1. The van der Waals surface area contributed by atoms with Crippen LogP contribution in [0, 0.1) is 0 Å². The zero-order valence-electron chi connectivity index (χ0n) is 14.0. The number of benzene rings is 1. The van der Waals surface area contributed by atoms with Crippen LogP contribution in [0.15, 0.2) is 18.2 Å². The normalized spacial score (nSPS) is 14.5. The van der Waals surface area contributed by atoms with Gasteiger partial charge in [-0.2, -0.15) is 0 Å². The molecule has 0 saturated heterocycles. The Morgan fingerprint density at radius 2 is 1.84 bits per heavy atom. The molecule has 2 amide bonds. The maximum Gasteiger partial charge on any atom is 0.326 e. The number of hydrogen-bond donors (Lipinski definition) is 2. The third kappa shape index (κ3) is 3.87. The summed E-state index contributed by atoms with van der Waals surface area (Å²) in [5.41, 5.74) is 1.25. The lowest BCUT2D eigenvalue weighted by atomic mass is 9.98. The standard InChI is InChI=1S/C18H21NO6/c1-2-3-6-11-7-4-8-12-15(11)17(23)19(16(12)22)13(18(24)25)9-5-10-14(20)21/h4,7-8,13H,2-3,5-6,9-10H2,1H3,(H,20,21)(H,24,25). The van der Waals surface area contributed by atoms with Gasteiger partial charge in [-0.15, -0.1) is 0 Å². The van der Waals surface area contributed by atoms with E-state index in [2.05, 4.69) is 0 Å². The highest BCUT2D eigenvalue weighted by Gasteiger charge is 2.43. The highest BCUT2D eigenvalue weighted by Crippen LogP contribution is 2.30. The lowest BCUT2D eigenvalue weighted by molar-refractivity contribution is -0.142. The summed E-state index contributed by atoms with van der Waals surface area (Å²) in [6.07, 6.45) is 2.21. The van der Waals surface area contributed by atoms with Crippen LogP contribution in [0.3, 0.4) is 0 Å². The summed E-state index contributed by atoms with van der Waals surface area (Å²) in [4.78, 5) is 48.3. The van der Waals surface area contributed by atoms with Gasteiger partial charge in [-0.05, 0) is 37.3 Å². The molecule has 0 spiro atoms. The minimum Gasteiger partial charge on any atom is -0.481 e. The van der Waals surface area contributed by atoms with Crippen LogP contribution in [0.2, 0.25) is 0 Å². The van der Waals surface area contributed by atoms with Crippen LogP contribution in [0.25, 0.3) is 0 Å². The number of amides is 2. The van der Waals surface area contributed by atoms with E-state index in [1.165, 1.54) is 6.07 Å². The first kappa shape index (κ1) is 18.6. The van der Waals surface area contributed by atoms with E-state index in [1.54, 1.807) is 12.1 Å². The molecular formula is C18H21NO6. The molecule has 7 nitrogen and oxygen atoms in total. The number of aliphatic carboxylic acids is 2. The molecule has 1 aliphatic heterocycles. The molecular weight excluding hydrogens is 326 g/mol. The Labute approximate surface area is 145 Å². The summed E-state index contributed by atoms with van der Waals surface area (Å²) < 4.78 is 0. The molecule has 1 aliphatic rings. The molecule has 1 aromatic carbocycles. The van der Waals surface area contributed by atoms with Gasteiger partial charge in [-0.1, -0.05) is 25.5 Å². The summed E-state index contributed by atoms with van der Waals surface area (Å²) in [5, 5.41) is 18.1. The van der Waals surface area contributed by atoms with E-state index in [1.807, 2.05) is 6.92 Å². The van der Waals surface area contributed by atoms with Crippen molar-refractivity contribution in [1.29, 1.82) is 0 Å². The number of imide groups is 1. The summed E-state index contributed by atoms with van der Waals surface area (Å²) in [7, 11) is 0. The predicted octanol–water partition coefficient (Wildman–Crippen LogP) is 2.33.